The van der Waals surface area contributed by atoms with Gasteiger partial charge in [-0.05, 0) is 87.0 Å². The summed E-state index contributed by atoms with van der Waals surface area (Å²) in [7, 11) is 0. The molecule has 0 spiro atoms. The van der Waals surface area contributed by atoms with Crippen LogP contribution in [0, 0.1) is 0 Å². The first-order valence-electron chi connectivity index (χ1n) is 20.6. The van der Waals surface area contributed by atoms with E-state index in [0.717, 1.165) is 56.5 Å². The van der Waals surface area contributed by atoms with Crippen molar-refractivity contribution >= 4 is 28.2 Å². The fraction of sp³-hybridized carbons (Fsp3) is 0.226. The zero-order valence-corrected chi connectivity index (χ0v) is 35.6. The number of fused-ring (bicyclic) bond motifs is 6. The molecule has 0 saturated heterocycles. The van der Waals surface area contributed by atoms with Crippen molar-refractivity contribution in [2.75, 3.05) is 4.90 Å². The van der Waals surface area contributed by atoms with Gasteiger partial charge >= 0.3 is 0 Å². The van der Waals surface area contributed by atoms with Gasteiger partial charge in [0, 0.05) is 47.3 Å². The van der Waals surface area contributed by atoms with Crippen molar-refractivity contribution in [2.45, 2.75) is 78.6 Å². The molecule has 1 aliphatic heterocycles. The molecule has 8 aromatic rings. The molecule has 0 atom stereocenters. The molecule has 6 heteroatoms. The summed E-state index contributed by atoms with van der Waals surface area (Å²) in [5.41, 5.74) is 14.6. The minimum Gasteiger partial charge on any atom is -0.457 e. The molecule has 0 unspecified atom stereocenters. The zero-order valence-electron chi connectivity index (χ0n) is 35.6. The number of hydrogen-bond acceptors (Lipinski definition) is 4. The van der Waals surface area contributed by atoms with Crippen LogP contribution in [-0.2, 0) is 16.2 Å². The van der Waals surface area contributed by atoms with E-state index >= 15 is 0 Å². The second-order valence-corrected chi connectivity index (χ2v) is 18.8. The smallest absolute Gasteiger partial charge is 0.255 e. The van der Waals surface area contributed by atoms with E-state index in [2.05, 4.69) is 209 Å². The van der Waals surface area contributed by atoms with E-state index in [0.29, 0.717) is 0 Å². The Balaban J connectivity index is 1.16. The molecule has 0 fully saturated rings. The number of hydrogen-bond donors (Lipinski definition) is 0. The van der Waals surface area contributed by atoms with Crippen molar-refractivity contribution in [2.24, 2.45) is 0 Å². The van der Waals surface area contributed by atoms with E-state index < -0.39 is 0 Å². The van der Waals surface area contributed by atoms with E-state index in [-0.39, 0.29) is 16.2 Å². The van der Waals surface area contributed by atoms with Crippen molar-refractivity contribution in [3.05, 3.63) is 169 Å². The molecular weight excluding hydrogens is 723 g/mol. The lowest BCUT2D eigenvalue weighted by atomic mass is 9.81. The van der Waals surface area contributed by atoms with Crippen LogP contribution in [0.1, 0.15) is 79.0 Å². The summed E-state index contributed by atoms with van der Waals surface area (Å²) in [6.07, 6.45) is 7.94. The first kappa shape index (κ1) is 38.0. The summed E-state index contributed by atoms with van der Waals surface area (Å²) in [5.74, 6) is 2.33. The van der Waals surface area contributed by atoms with Gasteiger partial charge in [-0.3, -0.25) is 9.88 Å². The normalized spacial score (nSPS) is 12.8. The van der Waals surface area contributed by atoms with Crippen molar-refractivity contribution in [1.82, 2.24) is 14.5 Å². The fourth-order valence-electron chi connectivity index (χ4n) is 8.29. The largest absolute Gasteiger partial charge is 0.457 e. The standard InChI is InChI=1S/C53H52N5O/c1-51(2,3)35-21-24-44(53(7,8)9)48(29-35)57-34-56(49-33-54-27-26-46(49)57)37-15-14-16-38(31-37)59-39-22-23-43-41-18-11-10-17-40(41)42-19-12-13-20-45(42)58(47(43)32-39)50-30-36(25-28-55-50)52(4,5)6/h10-34H,1-9H3/q+1. The number of imidazole rings is 1. The van der Waals surface area contributed by atoms with Crippen LogP contribution in [-0.4, -0.2) is 14.5 Å². The number of pyridine rings is 2. The Morgan fingerprint density at radius 3 is 1.95 bits per heavy atom. The third-order valence-electron chi connectivity index (χ3n) is 11.5. The molecule has 59 heavy (non-hydrogen) atoms. The number of rotatable bonds is 5. The lowest BCUT2D eigenvalue weighted by Crippen LogP contribution is -2.34. The van der Waals surface area contributed by atoms with Crippen LogP contribution < -0.4 is 14.2 Å². The average Bonchev–Trinajstić information content (AvgIpc) is 3.55. The van der Waals surface area contributed by atoms with Gasteiger partial charge in [-0.1, -0.05) is 123 Å². The Bertz CT molecular complexity index is 2880. The molecule has 0 bridgehead atoms. The van der Waals surface area contributed by atoms with Gasteiger partial charge < -0.3 is 4.74 Å². The molecule has 294 valence electrons. The summed E-state index contributed by atoms with van der Waals surface area (Å²) in [6.45, 7) is 20.4. The minimum atomic E-state index is -0.0625. The molecule has 4 heterocycles. The number of ether oxygens (including phenoxy) is 1. The van der Waals surface area contributed by atoms with Crippen molar-refractivity contribution in [1.29, 1.82) is 0 Å². The predicted molar refractivity (Wildman–Crippen MR) is 242 cm³/mol. The van der Waals surface area contributed by atoms with Crippen LogP contribution in [0.2, 0.25) is 0 Å². The number of anilines is 3. The highest BCUT2D eigenvalue weighted by Gasteiger charge is 2.30. The Kier molecular flexibility index (Phi) is 9.08. The van der Waals surface area contributed by atoms with Gasteiger partial charge in [-0.15, -0.1) is 0 Å². The fourth-order valence-corrected chi connectivity index (χ4v) is 8.29. The van der Waals surface area contributed by atoms with Gasteiger partial charge in [-0.2, -0.15) is 9.13 Å². The summed E-state index contributed by atoms with van der Waals surface area (Å²) < 4.78 is 11.4. The van der Waals surface area contributed by atoms with Crippen molar-refractivity contribution in [3.8, 4) is 45.1 Å². The van der Waals surface area contributed by atoms with E-state index in [1.807, 2.05) is 24.7 Å². The average molecular weight is 775 g/mol. The highest BCUT2D eigenvalue weighted by Crippen LogP contribution is 2.51. The van der Waals surface area contributed by atoms with Gasteiger partial charge in [-0.25, -0.2) is 4.98 Å². The SMILES string of the molecule is CC(C)(C)c1ccnc(N2c3ccccc3-c3ccccc3-c3ccc(Oc4cccc(-n5c[n+](-c6cc(C(C)(C)C)ccc6C(C)(C)C)c6ccncc65)c4)cc32)c1. The van der Waals surface area contributed by atoms with Crippen LogP contribution in [0.3, 0.4) is 0 Å². The first-order valence-corrected chi connectivity index (χ1v) is 20.6. The Morgan fingerprint density at radius 1 is 0.542 bits per heavy atom. The molecule has 0 amide bonds. The van der Waals surface area contributed by atoms with Crippen molar-refractivity contribution < 1.29 is 9.30 Å². The molecule has 9 rings (SSSR count). The maximum atomic E-state index is 6.82. The summed E-state index contributed by atoms with van der Waals surface area (Å²) in [5, 5.41) is 0. The highest BCUT2D eigenvalue weighted by atomic mass is 16.5. The van der Waals surface area contributed by atoms with E-state index in [9.17, 15) is 0 Å². The topological polar surface area (TPSA) is 47.1 Å². The molecule has 5 aromatic carbocycles. The molecule has 0 radical (unpaired) electrons. The Morgan fingerprint density at radius 2 is 1.22 bits per heavy atom. The van der Waals surface area contributed by atoms with Gasteiger partial charge in [0.25, 0.3) is 6.33 Å². The lowest BCUT2D eigenvalue weighted by molar-refractivity contribution is -0.568. The monoisotopic (exact) mass is 774 g/mol. The Labute approximate surface area is 348 Å². The molecular formula is C53H52N5O+. The first-order chi connectivity index (χ1) is 28.1. The van der Waals surface area contributed by atoms with Crippen LogP contribution in [0.5, 0.6) is 11.5 Å². The number of nitrogens with zero attached hydrogens (tertiary/aromatic N) is 5. The van der Waals surface area contributed by atoms with Crippen LogP contribution in [0.25, 0.3) is 44.7 Å². The summed E-state index contributed by atoms with van der Waals surface area (Å²) in [4.78, 5) is 11.9. The molecule has 0 saturated carbocycles. The Hall–Kier alpha value is -6.53. The maximum Gasteiger partial charge on any atom is 0.255 e. The molecule has 3 aromatic heterocycles. The van der Waals surface area contributed by atoms with E-state index in [4.69, 9.17) is 9.72 Å². The second-order valence-electron chi connectivity index (χ2n) is 18.8. The predicted octanol–water partition coefficient (Wildman–Crippen LogP) is 13.5. The molecule has 0 aliphatic carbocycles. The second kappa shape index (κ2) is 14.1. The van der Waals surface area contributed by atoms with Crippen LogP contribution >= 0.6 is 0 Å². The molecule has 0 N–H and O–H groups in total. The molecule has 1 aliphatic rings. The molecule has 6 nitrogen and oxygen atoms in total. The van der Waals surface area contributed by atoms with E-state index in [1.165, 1.54) is 33.5 Å². The quantitative estimate of drug-likeness (QED) is 0.163. The zero-order chi connectivity index (χ0) is 41.3. The van der Waals surface area contributed by atoms with Crippen LogP contribution in [0.15, 0.2) is 152 Å². The van der Waals surface area contributed by atoms with Gasteiger partial charge in [0.15, 0.2) is 11.0 Å². The third-order valence-corrected chi connectivity index (χ3v) is 11.5. The summed E-state index contributed by atoms with van der Waals surface area (Å²) >= 11 is 0. The van der Waals surface area contributed by atoms with Gasteiger partial charge in [0.1, 0.15) is 28.7 Å². The number of benzene rings is 5. The minimum absolute atomic E-state index is 0.00388. The van der Waals surface area contributed by atoms with E-state index in [1.54, 1.807) is 0 Å². The number of aromatic nitrogens is 4. The highest BCUT2D eigenvalue weighted by molar-refractivity contribution is 6.02. The third kappa shape index (κ3) is 6.97. The van der Waals surface area contributed by atoms with Gasteiger partial charge in [0.05, 0.1) is 17.6 Å². The maximum absolute atomic E-state index is 6.82. The summed E-state index contributed by atoms with van der Waals surface area (Å²) in [6, 6.07) is 45.4. The van der Waals surface area contributed by atoms with Crippen molar-refractivity contribution in [3.63, 3.8) is 0 Å². The number of para-hydroxylation sites is 1. The van der Waals surface area contributed by atoms with Gasteiger partial charge in [0.2, 0.25) is 0 Å². The van der Waals surface area contributed by atoms with Crippen LogP contribution in [0.4, 0.5) is 17.2 Å². The lowest BCUT2D eigenvalue weighted by Gasteiger charge is -2.28.